The maximum Gasteiger partial charge on any atom is 0.497 e. The van der Waals surface area contributed by atoms with Gasteiger partial charge in [0.2, 0.25) is 0 Å². The smallest absolute Gasteiger partial charge is 0.399 e. The summed E-state index contributed by atoms with van der Waals surface area (Å²) >= 11 is 1.70. The molecule has 1 aliphatic rings. The minimum atomic E-state index is -0.338. The standard InChI is InChI=1S/C14H18BNO2S/c1-9-16-12-10(7-6-8-11(12)19-9)15-17-13(2,3)14(4,5)18-15/h6-8H,1-5H3. The summed E-state index contributed by atoms with van der Waals surface area (Å²) in [6, 6.07) is 6.18. The number of aryl methyl sites for hydroxylation is 1. The molecule has 3 nitrogen and oxygen atoms in total. The third-order valence-corrected chi connectivity index (χ3v) is 5.00. The van der Waals surface area contributed by atoms with Crippen LogP contribution in [-0.4, -0.2) is 23.3 Å². The Bertz CT molecular complexity index is 619. The van der Waals surface area contributed by atoms with Crippen LogP contribution in [-0.2, 0) is 9.31 Å². The van der Waals surface area contributed by atoms with E-state index in [-0.39, 0.29) is 18.3 Å². The zero-order valence-electron chi connectivity index (χ0n) is 12.0. The molecule has 19 heavy (non-hydrogen) atoms. The van der Waals surface area contributed by atoms with Gasteiger partial charge in [-0.15, -0.1) is 11.3 Å². The largest absolute Gasteiger partial charge is 0.497 e. The van der Waals surface area contributed by atoms with Crippen LogP contribution in [0.5, 0.6) is 0 Å². The van der Waals surface area contributed by atoms with Crippen LogP contribution in [0.15, 0.2) is 18.2 Å². The molecule has 0 spiro atoms. The lowest BCUT2D eigenvalue weighted by molar-refractivity contribution is 0.00578. The minimum Gasteiger partial charge on any atom is -0.399 e. The van der Waals surface area contributed by atoms with Gasteiger partial charge < -0.3 is 9.31 Å². The molecular formula is C14H18BNO2S. The van der Waals surface area contributed by atoms with Gasteiger partial charge in [-0.2, -0.15) is 0 Å². The number of aromatic nitrogens is 1. The number of thiazole rings is 1. The number of rotatable bonds is 1. The SMILES string of the molecule is Cc1nc2c(B3OC(C)(C)C(C)(C)O3)cccc2s1. The number of nitrogens with zero attached hydrogens (tertiary/aromatic N) is 1. The summed E-state index contributed by atoms with van der Waals surface area (Å²) in [4.78, 5) is 4.61. The molecule has 3 rings (SSSR count). The average molecular weight is 275 g/mol. The third-order valence-electron chi connectivity index (χ3n) is 4.06. The number of para-hydroxylation sites is 1. The predicted molar refractivity (Wildman–Crippen MR) is 80.1 cm³/mol. The maximum atomic E-state index is 6.11. The van der Waals surface area contributed by atoms with Crippen LogP contribution in [0.2, 0.25) is 0 Å². The predicted octanol–water partition coefficient (Wildman–Crippen LogP) is 2.90. The van der Waals surface area contributed by atoms with Crippen molar-refractivity contribution in [3.8, 4) is 0 Å². The van der Waals surface area contributed by atoms with E-state index in [0.717, 1.165) is 16.0 Å². The molecule has 1 aliphatic heterocycles. The second-order valence-corrected chi connectivity index (χ2v) is 7.25. The molecule has 0 N–H and O–H groups in total. The molecule has 5 heteroatoms. The third kappa shape index (κ3) is 2.00. The van der Waals surface area contributed by atoms with Gasteiger partial charge in [-0.05, 0) is 40.7 Å². The number of hydrogen-bond acceptors (Lipinski definition) is 4. The fourth-order valence-corrected chi connectivity index (χ4v) is 3.10. The van der Waals surface area contributed by atoms with Gasteiger partial charge >= 0.3 is 7.12 Å². The van der Waals surface area contributed by atoms with E-state index < -0.39 is 0 Å². The van der Waals surface area contributed by atoms with Crippen molar-refractivity contribution in [2.45, 2.75) is 45.8 Å². The monoisotopic (exact) mass is 275 g/mol. The molecule has 0 atom stereocenters. The Kier molecular flexibility index (Phi) is 2.79. The van der Waals surface area contributed by atoms with E-state index in [9.17, 15) is 0 Å². The normalized spacial score (nSPS) is 21.2. The van der Waals surface area contributed by atoms with Gasteiger partial charge in [0.15, 0.2) is 0 Å². The summed E-state index contributed by atoms with van der Waals surface area (Å²) in [5.74, 6) is 0. The Balaban J connectivity index is 2.07. The van der Waals surface area contributed by atoms with Gasteiger partial charge in [0.05, 0.1) is 26.4 Å². The van der Waals surface area contributed by atoms with Gasteiger partial charge in [0.1, 0.15) is 0 Å². The summed E-state index contributed by atoms with van der Waals surface area (Å²) in [5, 5.41) is 1.07. The Morgan fingerprint density at radius 2 is 1.74 bits per heavy atom. The van der Waals surface area contributed by atoms with E-state index in [2.05, 4.69) is 38.7 Å². The van der Waals surface area contributed by atoms with Gasteiger partial charge in [-0.1, -0.05) is 12.1 Å². The first-order chi connectivity index (χ1) is 8.80. The molecule has 1 saturated heterocycles. The van der Waals surface area contributed by atoms with Gasteiger partial charge in [0, 0.05) is 5.46 Å². The second kappa shape index (κ2) is 4.04. The Hall–Kier alpha value is -0.905. The summed E-state index contributed by atoms with van der Waals surface area (Å²) in [7, 11) is -0.338. The van der Waals surface area contributed by atoms with Crippen molar-refractivity contribution < 1.29 is 9.31 Å². The first-order valence-electron chi connectivity index (χ1n) is 6.52. The first-order valence-corrected chi connectivity index (χ1v) is 7.33. The van der Waals surface area contributed by atoms with Crippen LogP contribution < -0.4 is 5.46 Å². The zero-order chi connectivity index (χ0) is 13.8. The molecule has 2 heterocycles. The zero-order valence-corrected chi connectivity index (χ0v) is 12.8. The molecule has 0 radical (unpaired) electrons. The van der Waals surface area contributed by atoms with Crippen molar-refractivity contribution in [2.75, 3.05) is 0 Å². The summed E-state index contributed by atoms with van der Waals surface area (Å²) in [5.41, 5.74) is 1.40. The highest BCUT2D eigenvalue weighted by Gasteiger charge is 2.52. The lowest BCUT2D eigenvalue weighted by Crippen LogP contribution is -2.41. The molecule has 1 aromatic heterocycles. The molecule has 0 amide bonds. The van der Waals surface area contributed by atoms with E-state index in [4.69, 9.17) is 9.31 Å². The highest BCUT2D eigenvalue weighted by atomic mass is 32.1. The van der Waals surface area contributed by atoms with Crippen LogP contribution in [0.25, 0.3) is 10.2 Å². The van der Waals surface area contributed by atoms with Crippen molar-refractivity contribution in [2.24, 2.45) is 0 Å². The molecule has 1 fully saturated rings. The molecule has 100 valence electrons. The second-order valence-electron chi connectivity index (χ2n) is 6.02. The number of hydrogen-bond donors (Lipinski definition) is 0. The molecule has 2 aromatic rings. The lowest BCUT2D eigenvalue weighted by Gasteiger charge is -2.32. The Labute approximate surface area is 118 Å². The molecule has 1 aromatic carbocycles. The lowest BCUT2D eigenvalue weighted by atomic mass is 9.78. The van der Waals surface area contributed by atoms with Gasteiger partial charge in [-0.3, -0.25) is 0 Å². The van der Waals surface area contributed by atoms with Gasteiger partial charge in [0.25, 0.3) is 0 Å². The average Bonchev–Trinajstić information content (AvgIpc) is 2.75. The van der Waals surface area contributed by atoms with Crippen LogP contribution in [0, 0.1) is 6.92 Å². The molecule has 0 saturated carbocycles. The highest BCUT2D eigenvalue weighted by molar-refractivity contribution is 7.18. The molecule has 0 aliphatic carbocycles. The van der Waals surface area contributed by atoms with Crippen LogP contribution in [0.3, 0.4) is 0 Å². The highest BCUT2D eigenvalue weighted by Crippen LogP contribution is 2.37. The summed E-state index contributed by atoms with van der Waals surface area (Å²) < 4.78 is 13.4. The van der Waals surface area contributed by atoms with Crippen molar-refractivity contribution in [3.63, 3.8) is 0 Å². The number of benzene rings is 1. The van der Waals surface area contributed by atoms with Crippen molar-refractivity contribution >= 4 is 34.1 Å². The minimum absolute atomic E-state index is 0.315. The fraction of sp³-hybridized carbons (Fsp3) is 0.500. The van der Waals surface area contributed by atoms with E-state index in [1.54, 1.807) is 11.3 Å². The summed E-state index contributed by atoms with van der Waals surface area (Å²) in [6.07, 6.45) is 0. The first kappa shape index (κ1) is 13.1. The Morgan fingerprint density at radius 3 is 2.37 bits per heavy atom. The molecular weight excluding hydrogens is 257 g/mol. The fourth-order valence-electron chi connectivity index (χ4n) is 2.24. The molecule has 0 bridgehead atoms. The van der Waals surface area contributed by atoms with Crippen LogP contribution in [0.1, 0.15) is 32.7 Å². The van der Waals surface area contributed by atoms with E-state index in [0.29, 0.717) is 0 Å². The van der Waals surface area contributed by atoms with Crippen molar-refractivity contribution in [1.29, 1.82) is 0 Å². The van der Waals surface area contributed by atoms with Crippen molar-refractivity contribution in [3.05, 3.63) is 23.2 Å². The quantitative estimate of drug-likeness (QED) is 0.750. The molecule has 0 unspecified atom stereocenters. The van der Waals surface area contributed by atoms with E-state index in [1.165, 1.54) is 4.70 Å². The van der Waals surface area contributed by atoms with Crippen LogP contribution >= 0.6 is 11.3 Å². The maximum absolute atomic E-state index is 6.11. The van der Waals surface area contributed by atoms with Crippen LogP contribution in [0.4, 0.5) is 0 Å². The Morgan fingerprint density at radius 1 is 1.11 bits per heavy atom. The summed E-state index contributed by atoms with van der Waals surface area (Å²) in [6.45, 7) is 10.3. The van der Waals surface area contributed by atoms with Crippen molar-refractivity contribution in [1.82, 2.24) is 4.98 Å². The topological polar surface area (TPSA) is 31.4 Å². The number of fused-ring (bicyclic) bond motifs is 1. The van der Waals surface area contributed by atoms with Gasteiger partial charge in [-0.25, -0.2) is 4.98 Å². The van der Waals surface area contributed by atoms with E-state index in [1.807, 2.05) is 19.1 Å². The van der Waals surface area contributed by atoms with E-state index >= 15 is 0 Å².